The molecule has 2 aliphatic rings. The molecule has 0 bridgehead atoms. The fraction of sp³-hybridized carbons (Fsp3) is 0.350. The molecule has 0 aromatic heterocycles. The number of ketones is 2. The van der Waals surface area contributed by atoms with E-state index in [0.717, 1.165) is 0 Å². The average molecular weight is 356 g/mol. The Morgan fingerprint density at radius 3 is 2.35 bits per heavy atom. The van der Waals surface area contributed by atoms with Crippen molar-refractivity contribution in [1.82, 2.24) is 0 Å². The van der Waals surface area contributed by atoms with Gasteiger partial charge in [-0.15, -0.1) is 0 Å². The minimum Gasteiger partial charge on any atom is -0.504 e. The van der Waals surface area contributed by atoms with Gasteiger partial charge in [0.1, 0.15) is 11.3 Å². The van der Waals surface area contributed by atoms with Crippen LogP contribution in [0.15, 0.2) is 41.2 Å². The van der Waals surface area contributed by atoms with Crippen molar-refractivity contribution in [3.63, 3.8) is 0 Å². The summed E-state index contributed by atoms with van der Waals surface area (Å²) in [6, 6.07) is 4.89. The zero-order valence-corrected chi connectivity index (χ0v) is 15.3. The van der Waals surface area contributed by atoms with E-state index in [9.17, 15) is 19.5 Å². The maximum atomic E-state index is 12.9. The minimum absolute atomic E-state index is 0.0975. The van der Waals surface area contributed by atoms with Crippen molar-refractivity contribution in [3.8, 4) is 5.75 Å². The van der Waals surface area contributed by atoms with Gasteiger partial charge in [-0.25, -0.2) is 4.79 Å². The van der Waals surface area contributed by atoms with Crippen molar-refractivity contribution in [2.75, 3.05) is 14.2 Å². The maximum absolute atomic E-state index is 12.9. The highest BCUT2D eigenvalue weighted by molar-refractivity contribution is 6.23. The van der Waals surface area contributed by atoms with Crippen LogP contribution in [0.2, 0.25) is 0 Å². The molecule has 0 saturated carbocycles. The number of carbonyl (C=O) groups is 3. The Morgan fingerprint density at radius 1 is 1.12 bits per heavy atom. The predicted octanol–water partition coefficient (Wildman–Crippen LogP) is 2.67. The first-order valence-corrected chi connectivity index (χ1v) is 8.13. The van der Waals surface area contributed by atoms with Crippen LogP contribution in [0.25, 0.3) is 0 Å². The summed E-state index contributed by atoms with van der Waals surface area (Å²) in [4.78, 5) is 37.8. The molecule has 26 heavy (non-hydrogen) atoms. The van der Waals surface area contributed by atoms with Crippen molar-refractivity contribution in [2.24, 2.45) is 5.41 Å². The second kappa shape index (κ2) is 5.56. The van der Waals surface area contributed by atoms with Gasteiger partial charge in [0.2, 0.25) is 5.78 Å². The highest BCUT2D eigenvalue weighted by Crippen LogP contribution is 2.54. The second-order valence-corrected chi connectivity index (χ2v) is 7.17. The topological polar surface area (TPSA) is 89.9 Å². The summed E-state index contributed by atoms with van der Waals surface area (Å²) in [5.41, 5.74) is -1.25. The number of hydrogen-bond acceptors (Lipinski definition) is 6. The molecule has 0 amide bonds. The molecule has 1 atom stereocenters. The Bertz CT molecular complexity index is 918. The van der Waals surface area contributed by atoms with E-state index in [-0.39, 0.29) is 11.1 Å². The molecule has 136 valence electrons. The van der Waals surface area contributed by atoms with Gasteiger partial charge in [0.15, 0.2) is 11.5 Å². The van der Waals surface area contributed by atoms with E-state index in [1.807, 2.05) is 0 Å². The number of esters is 1. The van der Waals surface area contributed by atoms with Crippen LogP contribution in [-0.2, 0) is 19.7 Å². The standard InChI is InChI=1S/C20H20O6/c1-19(2)16-15(22)14(21)11-7-6-10(25-4)8-13(11)20(16,3)9-12(17(19)23)18(24)26-5/h6-9,22H,1-5H3/t20-/m1/s1. The SMILES string of the molecule is COC(=O)C1=C[C@@]2(C)C(=C(O)C(=O)c3ccc(OC)cc32)C(C)(C)C1=O. The molecular formula is C20H20O6. The lowest BCUT2D eigenvalue weighted by molar-refractivity contribution is -0.139. The van der Waals surface area contributed by atoms with Crippen LogP contribution in [0.5, 0.6) is 5.75 Å². The molecule has 1 N–H and O–H groups in total. The van der Waals surface area contributed by atoms with E-state index in [4.69, 9.17) is 9.47 Å². The third kappa shape index (κ3) is 2.14. The van der Waals surface area contributed by atoms with Gasteiger partial charge in [0, 0.05) is 16.6 Å². The number of Topliss-reactive ketones (excluding diaryl/α,β-unsaturated/α-hetero) is 2. The van der Waals surface area contributed by atoms with Crippen LogP contribution >= 0.6 is 0 Å². The van der Waals surface area contributed by atoms with Crippen LogP contribution in [0.1, 0.15) is 36.7 Å². The lowest BCUT2D eigenvalue weighted by atomic mass is 9.55. The number of hydrogen-bond donors (Lipinski definition) is 1. The van der Waals surface area contributed by atoms with Gasteiger partial charge in [-0.05, 0) is 44.5 Å². The molecule has 0 spiro atoms. The lowest BCUT2D eigenvalue weighted by Gasteiger charge is -2.45. The van der Waals surface area contributed by atoms with E-state index in [1.54, 1.807) is 39.0 Å². The van der Waals surface area contributed by atoms with Gasteiger partial charge in [-0.2, -0.15) is 0 Å². The summed E-state index contributed by atoms with van der Waals surface area (Å²) in [6.45, 7) is 4.95. The first-order chi connectivity index (χ1) is 12.1. The highest BCUT2D eigenvalue weighted by Gasteiger charge is 2.55. The number of rotatable bonds is 2. The molecule has 0 radical (unpaired) electrons. The van der Waals surface area contributed by atoms with Crippen molar-refractivity contribution >= 4 is 17.5 Å². The van der Waals surface area contributed by atoms with Crippen LogP contribution in [0, 0.1) is 5.41 Å². The third-order valence-electron chi connectivity index (χ3n) is 5.28. The second-order valence-electron chi connectivity index (χ2n) is 7.17. The molecule has 0 aliphatic heterocycles. The summed E-state index contributed by atoms with van der Waals surface area (Å²) in [7, 11) is 2.71. The minimum atomic E-state index is -1.26. The van der Waals surface area contributed by atoms with E-state index in [0.29, 0.717) is 16.9 Å². The molecule has 3 rings (SSSR count). The summed E-state index contributed by atoms with van der Waals surface area (Å²) in [5.74, 6) is -1.72. The predicted molar refractivity (Wildman–Crippen MR) is 93.2 cm³/mol. The lowest BCUT2D eigenvalue weighted by Crippen LogP contribution is -2.48. The first kappa shape index (κ1) is 17.9. The summed E-state index contributed by atoms with van der Waals surface area (Å²) >= 11 is 0. The van der Waals surface area contributed by atoms with Gasteiger partial charge < -0.3 is 14.6 Å². The maximum Gasteiger partial charge on any atom is 0.341 e. The summed E-state index contributed by atoms with van der Waals surface area (Å²) in [6.07, 6.45) is 1.47. The van der Waals surface area contributed by atoms with Crippen molar-refractivity contribution in [3.05, 3.63) is 52.3 Å². The quantitative estimate of drug-likeness (QED) is 0.647. The van der Waals surface area contributed by atoms with Gasteiger partial charge in [0.25, 0.3) is 0 Å². The number of allylic oxidation sites excluding steroid dienone is 3. The van der Waals surface area contributed by atoms with Gasteiger partial charge in [-0.3, -0.25) is 9.59 Å². The van der Waals surface area contributed by atoms with Crippen LogP contribution < -0.4 is 4.74 Å². The average Bonchev–Trinajstić information content (AvgIpc) is 2.61. The van der Waals surface area contributed by atoms with Gasteiger partial charge in [0.05, 0.1) is 19.6 Å². The summed E-state index contributed by atoms with van der Waals surface area (Å²) < 4.78 is 10.0. The van der Waals surface area contributed by atoms with Crippen molar-refractivity contribution in [2.45, 2.75) is 26.2 Å². The van der Waals surface area contributed by atoms with Crippen LogP contribution in [-0.4, -0.2) is 36.9 Å². The van der Waals surface area contributed by atoms with Gasteiger partial charge in [-0.1, -0.05) is 6.08 Å². The van der Waals surface area contributed by atoms with E-state index >= 15 is 0 Å². The molecule has 0 unspecified atom stereocenters. The molecule has 0 saturated heterocycles. The molecule has 0 heterocycles. The smallest absolute Gasteiger partial charge is 0.341 e. The molecule has 6 nitrogen and oxygen atoms in total. The zero-order valence-electron chi connectivity index (χ0n) is 15.3. The first-order valence-electron chi connectivity index (χ1n) is 8.13. The third-order valence-corrected chi connectivity index (χ3v) is 5.28. The van der Waals surface area contributed by atoms with Crippen LogP contribution in [0.3, 0.4) is 0 Å². The fourth-order valence-corrected chi connectivity index (χ4v) is 4.06. The highest BCUT2D eigenvalue weighted by atomic mass is 16.5. The number of ether oxygens (including phenoxy) is 2. The monoisotopic (exact) mass is 356 g/mol. The Balaban J connectivity index is 2.43. The van der Waals surface area contributed by atoms with E-state index in [1.165, 1.54) is 20.3 Å². The molecule has 1 aromatic rings. The Morgan fingerprint density at radius 2 is 1.77 bits per heavy atom. The Labute approximate surface area is 151 Å². The van der Waals surface area contributed by atoms with E-state index in [2.05, 4.69) is 0 Å². The number of fused-ring (bicyclic) bond motifs is 3. The van der Waals surface area contributed by atoms with Crippen molar-refractivity contribution in [1.29, 1.82) is 0 Å². The Hall–Kier alpha value is -2.89. The molecule has 1 aromatic carbocycles. The molecule has 6 heteroatoms. The summed E-state index contributed by atoms with van der Waals surface area (Å²) in [5, 5.41) is 10.6. The molecular weight excluding hydrogens is 336 g/mol. The van der Waals surface area contributed by atoms with Crippen molar-refractivity contribution < 1.29 is 29.0 Å². The number of benzene rings is 1. The number of carbonyl (C=O) groups excluding carboxylic acids is 3. The van der Waals surface area contributed by atoms with Gasteiger partial charge >= 0.3 is 5.97 Å². The van der Waals surface area contributed by atoms with E-state index < -0.39 is 34.1 Å². The number of methoxy groups -OCH3 is 2. The zero-order chi connectivity index (χ0) is 19.4. The number of aliphatic hydroxyl groups is 1. The fourth-order valence-electron chi connectivity index (χ4n) is 4.06. The number of aliphatic hydroxyl groups excluding tert-OH is 1. The Kier molecular flexibility index (Phi) is 3.83. The largest absolute Gasteiger partial charge is 0.504 e. The molecule has 2 aliphatic carbocycles. The normalized spacial score (nSPS) is 23.8. The van der Waals surface area contributed by atoms with Crippen LogP contribution in [0.4, 0.5) is 0 Å². The molecule has 0 fully saturated rings.